The zero-order valence-corrected chi connectivity index (χ0v) is 20.3. The van der Waals surface area contributed by atoms with Gasteiger partial charge >= 0.3 is 17.6 Å². The van der Waals surface area contributed by atoms with Gasteiger partial charge in [-0.05, 0) is 41.5 Å². The number of esters is 2. The van der Waals surface area contributed by atoms with Gasteiger partial charge in [-0.15, -0.1) is 0 Å². The number of H-pyrrole nitrogens is 1. The highest BCUT2D eigenvalue weighted by molar-refractivity contribution is 7.63. The van der Waals surface area contributed by atoms with Crippen molar-refractivity contribution in [3.8, 4) is 0 Å². The minimum Gasteiger partial charge on any atom is -0.457 e. The summed E-state index contributed by atoms with van der Waals surface area (Å²) in [5.41, 5.74) is -2.86. The molecule has 0 fully saturated rings. The first-order valence-corrected chi connectivity index (χ1v) is 12.2. The van der Waals surface area contributed by atoms with E-state index < -0.39 is 41.2 Å². The molecular weight excluding hydrogens is 447 g/mol. The highest BCUT2D eigenvalue weighted by atomic mass is 35.5. The number of aromatic amines is 1. The van der Waals surface area contributed by atoms with Crippen molar-refractivity contribution in [2.75, 3.05) is 18.9 Å². The molecule has 1 rings (SSSR count). The molecule has 9 nitrogen and oxygen atoms in total. The fourth-order valence-electron chi connectivity index (χ4n) is 2.00. The molecule has 174 valence electrons. The van der Waals surface area contributed by atoms with Crippen LogP contribution >= 0.6 is 18.7 Å². The Balaban J connectivity index is 2.91. The van der Waals surface area contributed by atoms with Crippen LogP contribution in [0.4, 0.5) is 0 Å². The van der Waals surface area contributed by atoms with Gasteiger partial charge in [-0.1, -0.05) is 23.8 Å². The number of halogens is 1. The Morgan fingerprint density at radius 1 is 1.03 bits per heavy atom. The van der Waals surface area contributed by atoms with Gasteiger partial charge in [-0.2, -0.15) is 0 Å². The third kappa shape index (κ3) is 8.87. The lowest BCUT2D eigenvalue weighted by molar-refractivity contribution is -0.151. The number of aromatic nitrogens is 2. The Morgan fingerprint density at radius 3 is 1.97 bits per heavy atom. The van der Waals surface area contributed by atoms with Crippen LogP contribution in [0.1, 0.15) is 41.5 Å². The summed E-state index contributed by atoms with van der Waals surface area (Å²) in [6.07, 6.45) is 3.52. The van der Waals surface area contributed by atoms with Gasteiger partial charge in [0.1, 0.15) is 17.7 Å². The van der Waals surface area contributed by atoms with Gasteiger partial charge in [-0.3, -0.25) is 23.9 Å². The van der Waals surface area contributed by atoms with E-state index in [1.165, 1.54) is 10.8 Å². The molecule has 0 aliphatic rings. The van der Waals surface area contributed by atoms with Crippen molar-refractivity contribution >= 4 is 30.7 Å². The summed E-state index contributed by atoms with van der Waals surface area (Å²) in [6, 6.07) is 0. The highest BCUT2D eigenvalue weighted by Crippen LogP contribution is 2.46. The van der Waals surface area contributed by atoms with Crippen LogP contribution in [-0.2, 0) is 30.2 Å². The number of nitrogens with one attached hydrogen (secondary N) is 1. The van der Waals surface area contributed by atoms with Gasteiger partial charge in [0.25, 0.3) is 5.56 Å². The normalized spacial score (nSPS) is 12.7. The number of nitrogens with zero attached hydrogens (tertiary/aromatic N) is 1. The third-order valence-corrected chi connectivity index (χ3v) is 6.31. The molecule has 0 amide bonds. The predicted molar refractivity (Wildman–Crippen MR) is 119 cm³/mol. The molecule has 0 radical (unpaired) electrons. The summed E-state index contributed by atoms with van der Waals surface area (Å²) in [5, 5.41) is -0.137. The number of carbonyl (C=O) groups is 2. The minimum absolute atomic E-state index is 0.0202. The van der Waals surface area contributed by atoms with Crippen LogP contribution < -0.4 is 11.2 Å². The SMILES string of the molecule is CC(C)(C)C(=O)OCP(=O)(C/C=C\Cn1cc(Cl)c(=O)[nH]c1=O)COC(=O)C(C)(C)C. The molecule has 0 spiro atoms. The fourth-order valence-corrected chi connectivity index (χ4v) is 3.69. The molecule has 0 unspecified atom stereocenters. The molecule has 11 heteroatoms. The van der Waals surface area contributed by atoms with Gasteiger partial charge < -0.3 is 14.0 Å². The van der Waals surface area contributed by atoms with Crippen molar-refractivity contribution < 1.29 is 23.6 Å². The predicted octanol–water partition coefficient (Wildman–Crippen LogP) is 3.20. The van der Waals surface area contributed by atoms with Gasteiger partial charge in [0.05, 0.1) is 10.8 Å². The number of hydrogen-bond acceptors (Lipinski definition) is 7. The number of rotatable bonds is 8. The zero-order chi connectivity index (χ0) is 24.0. The Bertz CT molecular complexity index is 962. The molecule has 0 bridgehead atoms. The first-order valence-electron chi connectivity index (χ1n) is 9.61. The molecule has 0 saturated carbocycles. The Hall–Kier alpha value is -2.12. The highest BCUT2D eigenvalue weighted by Gasteiger charge is 2.31. The first kappa shape index (κ1) is 26.9. The summed E-state index contributed by atoms with van der Waals surface area (Å²) in [6.45, 7) is 10.1. The van der Waals surface area contributed by atoms with Crippen molar-refractivity contribution in [1.29, 1.82) is 0 Å². The van der Waals surface area contributed by atoms with Crippen molar-refractivity contribution in [2.45, 2.75) is 48.1 Å². The summed E-state index contributed by atoms with van der Waals surface area (Å²) in [7, 11) is -3.26. The van der Waals surface area contributed by atoms with Gasteiger partial charge in [-0.25, -0.2) is 4.79 Å². The average Bonchev–Trinajstić information content (AvgIpc) is 2.63. The molecule has 0 aromatic carbocycles. The average molecular weight is 477 g/mol. The summed E-state index contributed by atoms with van der Waals surface area (Å²) >= 11 is 5.72. The van der Waals surface area contributed by atoms with Crippen LogP contribution in [0.3, 0.4) is 0 Å². The summed E-state index contributed by atoms with van der Waals surface area (Å²) in [4.78, 5) is 49.3. The number of allylic oxidation sites excluding steroid dienone is 2. The number of ether oxygens (including phenoxy) is 2. The van der Waals surface area contributed by atoms with Crippen LogP contribution in [0.15, 0.2) is 27.9 Å². The number of carbonyl (C=O) groups excluding carboxylic acids is 2. The summed E-state index contributed by atoms with van der Waals surface area (Å²) < 4.78 is 24.9. The minimum atomic E-state index is -3.26. The van der Waals surface area contributed by atoms with E-state index >= 15 is 0 Å². The van der Waals surface area contributed by atoms with Crippen LogP contribution in [0.5, 0.6) is 0 Å². The molecule has 1 N–H and O–H groups in total. The Labute approximate surface area is 186 Å². The maximum Gasteiger partial charge on any atom is 0.328 e. The lowest BCUT2D eigenvalue weighted by Crippen LogP contribution is -2.29. The van der Waals surface area contributed by atoms with Crippen LogP contribution in [-0.4, -0.2) is 40.3 Å². The van der Waals surface area contributed by atoms with Crippen molar-refractivity contribution in [2.24, 2.45) is 10.8 Å². The van der Waals surface area contributed by atoms with E-state index in [1.807, 2.05) is 0 Å². The second kappa shape index (κ2) is 10.5. The van der Waals surface area contributed by atoms with Gasteiger partial charge in [0.15, 0.2) is 7.14 Å². The van der Waals surface area contributed by atoms with Crippen LogP contribution in [0.25, 0.3) is 0 Å². The van der Waals surface area contributed by atoms with Crippen LogP contribution in [0, 0.1) is 10.8 Å². The second-order valence-corrected chi connectivity index (χ2v) is 12.6. The molecule has 0 atom stereocenters. The maximum atomic E-state index is 13.3. The van der Waals surface area contributed by atoms with E-state index in [2.05, 4.69) is 4.98 Å². The lowest BCUT2D eigenvalue weighted by atomic mass is 9.98. The quantitative estimate of drug-likeness (QED) is 0.347. The standard InChI is InChI=1S/C20H30ClN2O7P/c1-19(2,3)16(25)29-12-31(28,13-30-17(26)20(4,5)6)10-8-7-9-23-11-14(21)15(24)22-18(23)27/h7-8,11H,9-10,12-13H2,1-6H3,(H,22,24,27)/b8-7-. The smallest absolute Gasteiger partial charge is 0.328 e. The first-order chi connectivity index (χ1) is 14.0. The van der Waals surface area contributed by atoms with Gasteiger partial charge in [0.2, 0.25) is 0 Å². The van der Waals surface area contributed by atoms with E-state index in [1.54, 1.807) is 53.7 Å². The molecule has 1 aromatic heterocycles. The van der Waals surface area contributed by atoms with Crippen molar-refractivity contribution in [3.05, 3.63) is 44.2 Å². The molecule has 0 aliphatic heterocycles. The number of hydrogen-bond donors (Lipinski definition) is 1. The monoisotopic (exact) mass is 476 g/mol. The van der Waals surface area contributed by atoms with E-state index in [9.17, 15) is 23.7 Å². The van der Waals surface area contributed by atoms with E-state index in [4.69, 9.17) is 21.1 Å². The van der Waals surface area contributed by atoms with E-state index in [-0.39, 0.29) is 30.4 Å². The summed E-state index contributed by atoms with van der Waals surface area (Å²) in [5.74, 6) is -1.04. The largest absolute Gasteiger partial charge is 0.457 e. The molecule has 1 aromatic rings. The molecule has 31 heavy (non-hydrogen) atoms. The molecule has 0 aliphatic carbocycles. The van der Waals surface area contributed by atoms with E-state index in [0.717, 1.165) is 0 Å². The van der Waals surface area contributed by atoms with Gasteiger partial charge in [0, 0.05) is 18.9 Å². The van der Waals surface area contributed by atoms with Crippen LogP contribution in [0.2, 0.25) is 5.02 Å². The molecule has 1 heterocycles. The Kier molecular flexibility index (Phi) is 9.08. The second-order valence-electron chi connectivity index (χ2n) is 9.22. The Morgan fingerprint density at radius 2 is 1.52 bits per heavy atom. The van der Waals surface area contributed by atoms with Crippen molar-refractivity contribution in [3.63, 3.8) is 0 Å². The topological polar surface area (TPSA) is 125 Å². The molecular formula is C20H30ClN2O7P. The maximum absolute atomic E-state index is 13.3. The fraction of sp³-hybridized carbons (Fsp3) is 0.600. The van der Waals surface area contributed by atoms with E-state index in [0.29, 0.717) is 0 Å². The van der Waals surface area contributed by atoms with Crippen molar-refractivity contribution in [1.82, 2.24) is 9.55 Å². The molecule has 0 saturated heterocycles. The third-order valence-electron chi connectivity index (χ3n) is 3.96. The zero-order valence-electron chi connectivity index (χ0n) is 18.7. The lowest BCUT2D eigenvalue weighted by Gasteiger charge is -2.23.